The minimum absolute atomic E-state index is 0.00843. The maximum atomic E-state index is 13.3. The highest BCUT2D eigenvalue weighted by Crippen LogP contribution is 2.20. The van der Waals surface area contributed by atoms with Crippen LogP contribution >= 0.6 is 11.5 Å². The van der Waals surface area contributed by atoms with Crippen LogP contribution in [0.1, 0.15) is 30.5 Å². The van der Waals surface area contributed by atoms with Gasteiger partial charge in [-0.1, -0.05) is 23.0 Å². The Labute approximate surface area is 138 Å². The second kappa shape index (κ2) is 7.61. The van der Waals surface area contributed by atoms with Crippen molar-refractivity contribution < 1.29 is 9.18 Å². The number of amides is 1. The molecule has 23 heavy (non-hydrogen) atoms. The number of hydrogen-bond donors (Lipinski definition) is 1. The first-order valence-corrected chi connectivity index (χ1v) is 8.58. The quantitative estimate of drug-likeness (QED) is 0.912. The minimum Gasteiger partial charge on any atom is -0.349 e. The zero-order valence-electron chi connectivity index (χ0n) is 12.7. The van der Waals surface area contributed by atoms with Gasteiger partial charge < -0.3 is 5.32 Å². The van der Waals surface area contributed by atoms with Crippen molar-refractivity contribution in [3.63, 3.8) is 0 Å². The summed E-state index contributed by atoms with van der Waals surface area (Å²) in [5, 5.41) is 8.68. The van der Waals surface area contributed by atoms with Crippen molar-refractivity contribution in [1.82, 2.24) is 19.8 Å². The fourth-order valence-electron chi connectivity index (χ4n) is 2.90. The molecule has 1 aromatic heterocycles. The van der Waals surface area contributed by atoms with E-state index in [9.17, 15) is 9.18 Å². The molecule has 0 aliphatic carbocycles. The molecular formula is C16H19FN4OS. The summed E-state index contributed by atoms with van der Waals surface area (Å²) in [5.41, 5.74) is 1.67. The summed E-state index contributed by atoms with van der Waals surface area (Å²) < 4.78 is 17.1. The van der Waals surface area contributed by atoms with Crippen LogP contribution in [0, 0.1) is 5.82 Å². The second-order valence-electron chi connectivity index (χ2n) is 5.73. The Kier molecular flexibility index (Phi) is 5.30. The van der Waals surface area contributed by atoms with E-state index in [4.69, 9.17) is 0 Å². The lowest BCUT2D eigenvalue weighted by atomic mass is 10.0. The Bertz CT molecular complexity index is 649. The van der Waals surface area contributed by atoms with Crippen LogP contribution < -0.4 is 5.32 Å². The number of carbonyl (C=O) groups is 1. The minimum atomic E-state index is -0.239. The van der Waals surface area contributed by atoms with Crippen LogP contribution in [0.4, 0.5) is 4.39 Å². The number of likely N-dealkylation sites (tertiary alicyclic amines) is 1. The van der Waals surface area contributed by atoms with E-state index in [0.29, 0.717) is 13.1 Å². The lowest BCUT2D eigenvalue weighted by Crippen LogP contribution is -2.48. The zero-order chi connectivity index (χ0) is 16.1. The molecule has 2 aromatic rings. The molecular weight excluding hydrogens is 315 g/mol. The number of halogens is 1. The summed E-state index contributed by atoms with van der Waals surface area (Å²) >= 11 is 1.27. The predicted molar refractivity (Wildman–Crippen MR) is 86.2 cm³/mol. The lowest BCUT2D eigenvalue weighted by molar-refractivity contribution is -0.128. The third kappa shape index (κ3) is 4.33. The van der Waals surface area contributed by atoms with Gasteiger partial charge in [0.2, 0.25) is 5.91 Å². The van der Waals surface area contributed by atoms with Gasteiger partial charge >= 0.3 is 0 Å². The molecule has 5 nitrogen and oxygen atoms in total. The highest BCUT2D eigenvalue weighted by Gasteiger charge is 2.28. The molecule has 1 amide bonds. The number of benzene rings is 1. The number of hydrogen-bond acceptors (Lipinski definition) is 5. The van der Waals surface area contributed by atoms with Crippen molar-refractivity contribution in [2.75, 3.05) is 6.54 Å². The van der Waals surface area contributed by atoms with Crippen LogP contribution in [0.15, 0.2) is 29.6 Å². The van der Waals surface area contributed by atoms with Crippen molar-refractivity contribution in [2.24, 2.45) is 0 Å². The summed E-state index contributed by atoms with van der Waals surface area (Å²) in [6.45, 7) is 1.85. The second-order valence-corrected chi connectivity index (χ2v) is 6.34. The fourth-order valence-corrected chi connectivity index (χ4v) is 3.35. The van der Waals surface area contributed by atoms with E-state index in [1.165, 1.54) is 23.7 Å². The molecule has 0 spiro atoms. The first-order valence-electron chi connectivity index (χ1n) is 7.74. The van der Waals surface area contributed by atoms with Gasteiger partial charge in [-0.2, -0.15) is 0 Å². The van der Waals surface area contributed by atoms with Gasteiger partial charge in [-0.25, -0.2) is 4.39 Å². The normalized spacial score (nSPS) is 18.7. The van der Waals surface area contributed by atoms with Crippen LogP contribution in [0.3, 0.4) is 0 Å². The average molecular weight is 334 g/mol. The lowest BCUT2D eigenvalue weighted by Gasteiger charge is -2.34. The summed E-state index contributed by atoms with van der Waals surface area (Å²) in [7, 11) is 0. The van der Waals surface area contributed by atoms with Crippen molar-refractivity contribution in [1.29, 1.82) is 0 Å². The van der Waals surface area contributed by atoms with Gasteiger partial charge in [-0.3, -0.25) is 9.69 Å². The third-order valence-electron chi connectivity index (χ3n) is 4.04. The molecule has 1 aromatic carbocycles. The molecule has 3 rings (SSSR count). The standard InChI is InChI=1S/C16H19FN4OS/c17-13-5-3-4-12(8-13)10-21-7-2-1-6-15(21)16(22)18-9-14-11-23-20-19-14/h3-5,8,11,15H,1-2,6-7,9-10H2,(H,18,22). The van der Waals surface area contributed by atoms with E-state index in [1.807, 2.05) is 11.4 Å². The molecule has 0 saturated carbocycles. The van der Waals surface area contributed by atoms with Crippen molar-refractivity contribution in [3.8, 4) is 0 Å². The van der Waals surface area contributed by atoms with Crippen LogP contribution in [0.5, 0.6) is 0 Å². The van der Waals surface area contributed by atoms with Gasteiger partial charge in [0, 0.05) is 11.9 Å². The number of nitrogens with zero attached hydrogens (tertiary/aromatic N) is 3. The first kappa shape index (κ1) is 16.0. The molecule has 1 unspecified atom stereocenters. The molecule has 122 valence electrons. The van der Waals surface area contributed by atoms with Gasteiger partial charge in [0.1, 0.15) is 5.82 Å². The summed E-state index contributed by atoms with van der Waals surface area (Å²) in [4.78, 5) is 14.6. The molecule has 1 aliphatic rings. The number of carbonyl (C=O) groups excluding carboxylic acids is 1. The van der Waals surface area contributed by atoms with Gasteiger partial charge in [0.25, 0.3) is 0 Å². The predicted octanol–water partition coefficient (Wildman–Crippen LogP) is 2.35. The van der Waals surface area contributed by atoms with Crippen molar-refractivity contribution >= 4 is 17.4 Å². The maximum absolute atomic E-state index is 13.3. The Morgan fingerprint density at radius 3 is 3.13 bits per heavy atom. The molecule has 1 atom stereocenters. The average Bonchev–Trinajstić information content (AvgIpc) is 3.07. The van der Waals surface area contributed by atoms with E-state index in [2.05, 4.69) is 19.8 Å². The van der Waals surface area contributed by atoms with E-state index < -0.39 is 0 Å². The topological polar surface area (TPSA) is 58.1 Å². The monoisotopic (exact) mass is 334 g/mol. The van der Waals surface area contributed by atoms with Gasteiger partial charge in [-0.15, -0.1) is 5.10 Å². The molecule has 1 N–H and O–H groups in total. The van der Waals surface area contributed by atoms with Crippen LogP contribution in [0.2, 0.25) is 0 Å². The largest absolute Gasteiger partial charge is 0.349 e. The SMILES string of the molecule is O=C(NCc1csnn1)C1CCCCN1Cc1cccc(F)c1. The van der Waals surface area contributed by atoms with E-state index in [0.717, 1.165) is 37.1 Å². The van der Waals surface area contributed by atoms with Crippen molar-refractivity contribution in [2.45, 2.75) is 38.4 Å². The fraction of sp³-hybridized carbons (Fsp3) is 0.438. The molecule has 0 bridgehead atoms. The van der Waals surface area contributed by atoms with E-state index in [-0.39, 0.29) is 17.8 Å². The van der Waals surface area contributed by atoms with Gasteiger partial charge in [0.15, 0.2) is 0 Å². The first-order chi connectivity index (χ1) is 11.2. The molecule has 0 radical (unpaired) electrons. The Balaban J connectivity index is 1.62. The number of piperidine rings is 1. The van der Waals surface area contributed by atoms with Gasteiger partial charge in [0.05, 0.1) is 18.3 Å². The molecule has 1 fully saturated rings. The highest BCUT2D eigenvalue weighted by molar-refractivity contribution is 7.03. The Morgan fingerprint density at radius 2 is 2.35 bits per heavy atom. The van der Waals surface area contributed by atoms with Crippen LogP contribution in [-0.2, 0) is 17.9 Å². The molecule has 2 heterocycles. The Morgan fingerprint density at radius 1 is 1.43 bits per heavy atom. The van der Waals surface area contributed by atoms with Gasteiger partial charge in [-0.05, 0) is 48.6 Å². The summed E-state index contributed by atoms with van der Waals surface area (Å²) in [5.74, 6) is -0.231. The summed E-state index contributed by atoms with van der Waals surface area (Å²) in [6.07, 6.45) is 2.93. The van der Waals surface area contributed by atoms with Crippen LogP contribution in [0.25, 0.3) is 0 Å². The smallest absolute Gasteiger partial charge is 0.237 e. The molecule has 1 aliphatic heterocycles. The summed E-state index contributed by atoms with van der Waals surface area (Å²) in [6, 6.07) is 6.40. The highest BCUT2D eigenvalue weighted by atomic mass is 32.1. The van der Waals surface area contributed by atoms with E-state index >= 15 is 0 Å². The number of rotatable bonds is 5. The number of aromatic nitrogens is 2. The Hall–Kier alpha value is -1.86. The maximum Gasteiger partial charge on any atom is 0.237 e. The van der Waals surface area contributed by atoms with E-state index in [1.54, 1.807) is 6.07 Å². The number of nitrogens with one attached hydrogen (secondary N) is 1. The third-order valence-corrected chi connectivity index (χ3v) is 4.59. The molecule has 7 heteroatoms. The zero-order valence-corrected chi connectivity index (χ0v) is 13.6. The van der Waals surface area contributed by atoms with Crippen LogP contribution in [-0.4, -0.2) is 33.0 Å². The molecule has 1 saturated heterocycles. The van der Waals surface area contributed by atoms with Crippen molar-refractivity contribution in [3.05, 3.63) is 46.7 Å².